The molecule has 1 fully saturated rings. The molecule has 0 unspecified atom stereocenters. The van der Waals surface area contributed by atoms with E-state index in [0.717, 1.165) is 50.0 Å². The highest BCUT2D eigenvalue weighted by Gasteiger charge is 2.25. The lowest BCUT2D eigenvalue weighted by Crippen LogP contribution is -2.39. The molecule has 2 heterocycles. The summed E-state index contributed by atoms with van der Waals surface area (Å²) in [6.07, 6.45) is 6.03. The maximum Gasteiger partial charge on any atom is 0.219 e. The van der Waals surface area contributed by atoms with E-state index in [4.69, 9.17) is 4.98 Å². The van der Waals surface area contributed by atoms with Gasteiger partial charge in [0.25, 0.3) is 0 Å². The average molecular weight is 374 g/mol. The number of amides is 1. The molecule has 0 aliphatic carbocycles. The second kappa shape index (κ2) is 8.42. The van der Waals surface area contributed by atoms with E-state index < -0.39 is 0 Å². The Hall–Kier alpha value is -2.88. The molecule has 2 aromatic carbocycles. The number of hydrogen-bond acceptors (Lipinski definition) is 2. The maximum absolute atomic E-state index is 11.9. The van der Waals surface area contributed by atoms with Gasteiger partial charge in [0, 0.05) is 31.3 Å². The monoisotopic (exact) mass is 373 g/mol. The first-order chi connectivity index (χ1) is 13.7. The number of imidazole rings is 1. The van der Waals surface area contributed by atoms with Crippen molar-refractivity contribution in [1.29, 1.82) is 0 Å². The highest BCUT2D eigenvalue weighted by Crippen LogP contribution is 2.29. The molecule has 0 radical (unpaired) electrons. The molecule has 0 spiro atoms. The standard InChI is InChI=1S/C24H27N3O/c1-19(28)26-16-8-13-22(17-26)27-18-25-24(21-11-6-3-7-12-21)23(27)15-14-20-9-4-2-5-10-20/h2-7,9-12,18,22H,8,13-17H2,1H3/t22-/m0/s1. The van der Waals surface area contributed by atoms with Crippen molar-refractivity contribution in [1.82, 2.24) is 14.5 Å². The number of piperidine rings is 1. The van der Waals surface area contributed by atoms with E-state index in [9.17, 15) is 4.79 Å². The number of hydrogen-bond donors (Lipinski definition) is 0. The van der Waals surface area contributed by atoms with Crippen molar-refractivity contribution in [3.8, 4) is 11.3 Å². The van der Waals surface area contributed by atoms with Crippen LogP contribution in [0.25, 0.3) is 11.3 Å². The molecule has 4 nitrogen and oxygen atoms in total. The summed E-state index contributed by atoms with van der Waals surface area (Å²) in [4.78, 5) is 18.7. The molecule has 1 aromatic heterocycles. The summed E-state index contributed by atoms with van der Waals surface area (Å²) in [5.41, 5.74) is 4.83. The van der Waals surface area contributed by atoms with Crippen LogP contribution in [-0.4, -0.2) is 33.4 Å². The third-order valence-corrected chi connectivity index (χ3v) is 5.67. The minimum absolute atomic E-state index is 0.166. The van der Waals surface area contributed by atoms with Crippen LogP contribution in [0.4, 0.5) is 0 Å². The summed E-state index contributed by atoms with van der Waals surface area (Å²) in [6.45, 7) is 3.31. The van der Waals surface area contributed by atoms with Crippen molar-refractivity contribution >= 4 is 5.91 Å². The van der Waals surface area contributed by atoms with Gasteiger partial charge in [-0.2, -0.15) is 0 Å². The van der Waals surface area contributed by atoms with Crippen molar-refractivity contribution in [3.63, 3.8) is 0 Å². The van der Waals surface area contributed by atoms with Crippen molar-refractivity contribution < 1.29 is 4.79 Å². The molecule has 4 heteroatoms. The Balaban J connectivity index is 1.65. The molecule has 1 atom stereocenters. The van der Waals surface area contributed by atoms with Gasteiger partial charge in [-0.1, -0.05) is 60.7 Å². The number of aromatic nitrogens is 2. The lowest BCUT2D eigenvalue weighted by atomic mass is 10.0. The first kappa shape index (κ1) is 18.5. The van der Waals surface area contributed by atoms with Gasteiger partial charge >= 0.3 is 0 Å². The fourth-order valence-electron chi connectivity index (χ4n) is 4.16. The number of benzene rings is 2. The minimum Gasteiger partial charge on any atom is -0.341 e. The van der Waals surface area contributed by atoms with Crippen LogP contribution in [0.1, 0.15) is 37.1 Å². The Morgan fingerprint density at radius 1 is 1.04 bits per heavy atom. The van der Waals surface area contributed by atoms with Crippen molar-refractivity contribution in [2.45, 2.75) is 38.6 Å². The first-order valence-electron chi connectivity index (χ1n) is 10.1. The van der Waals surface area contributed by atoms with Gasteiger partial charge in [-0.05, 0) is 31.2 Å². The van der Waals surface area contributed by atoms with Crippen molar-refractivity contribution in [2.75, 3.05) is 13.1 Å². The van der Waals surface area contributed by atoms with Crippen molar-refractivity contribution in [2.24, 2.45) is 0 Å². The molecule has 0 bridgehead atoms. The summed E-state index contributed by atoms with van der Waals surface area (Å²) >= 11 is 0. The average Bonchev–Trinajstić information content (AvgIpc) is 3.17. The van der Waals surface area contributed by atoms with Gasteiger partial charge < -0.3 is 9.47 Å². The van der Waals surface area contributed by atoms with E-state index in [1.165, 1.54) is 11.3 Å². The van der Waals surface area contributed by atoms with Crippen LogP contribution in [0.3, 0.4) is 0 Å². The molecule has 0 saturated carbocycles. The molecule has 1 saturated heterocycles. The predicted molar refractivity (Wildman–Crippen MR) is 112 cm³/mol. The fraction of sp³-hybridized carbons (Fsp3) is 0.333. The zero-order valence-corrected chi connectivity index (χ0v) is 16.4. The molecule has 1 aliphatic heterocycles. The summed E-state index contributed by atoms with van der Waals surface area (Å²) in [5, 5.41) is 0. The van der Waals surface area contributed by atoms with E-state index in [1.807, 2.05) is 17.3 Å². The Kier molecular flexibility index (Phi) is 5.56. The maximum atomic E-state index is 11.9. The molecule has 144 valence electrons. The lowest BCUT2D eigenvalue weighted by Gasteiger charge is -2.33. The SMILES string of the molecule is CC(=O)N1CCC[C@H](n2cnc(-c3ccccc3)c2CCc2ccccc2)C1. The Morgan fingerprint density at radius 2 is 1.75 bits per heavy atom. The quantitative estimate of drug-likeness (QED) is 0.659. The second-order valence-electron chi connectivity index (χ2n) is 7.56. The first-order valence-corrected chi connectivity index (χ1v) is 10.1. The number of likely N-dealkylation sites (tertiary alicyclic amines) is 1. The molecule has 1 amide bonds. The highest BCUT2D eigenvalue weighted by molar-refractivity contribution is 5.73. The van der Waals surface area contributed by atoms with Gasteiger partial charge in [-0.15, -0.1) is 0 Å². The molecule has 28 heavy (non-hydrogen) atoms. The van der Waals surface area contributed by atoms with Gasteiger partial charge in [0.05, 0.1) is 18.1 Å². The van der Waals surface area contributed by atoms with Gasteiger partial charge in [0.2, 0.25) is 5.91 Å². The molecule has 1 aliphatic rings. The zero-order chi connectivity index (χ0) is 19.3. The normalized spacial score (nSPS) is 16.9. The van der Waals surface area contributed by atoms with E-state index in [2.05, 4.69) is 59.2 Å². The molecular formula is C24H27N3O. The number of carbonyl (C=O) groups is 1. The van der Waals surface area contributed by atoms with E-state index in [-0.39, 0.29) is 5.91 Å². The Labute approximate surface area is 166 Å². The summed E-state index contributed by atoms with van der Waals surface area (Å²) in [7, 11) is 0. The van der Waals surface area contributed by atoms with Gasteiger partial charge in [-0.3, -0.25) is 4.79 Å². The topological polar surface area (TPSA) is 38.1 Å². The smallest absolute Gasteiger partial charge is 0.219 e. The largest absolute Gasteiger partial charge is 0.341 e. The van der Waals surface area contributed by atoms with E-state index in [0.29, 0.717) is 6.04 Å². The molecule has 0 N–H and O–H groups in total. The summed E-state index contributed by atoms with van der Waals surface area (Å²) in [6, 6.07) is 21.3. The van der Waals surface area contributed by atoms with Crippen LogP contribution in [0.15, 0.2) is 67.0 Å². The van der Waals surface area contributed by atoms with Crippen molar-refractivity contribution in [3.05, 3.63) is 78.2 Å². The van der Waals surface area contributed by atoms with Crippen LogP contribution in [0, 0.1) is 0 Å². The predicted octanol–water partition coefficient (Wildman–Crippen LogP) is 4.52. The molecular weight excluding hydrogens is 346 g/mol. The van der Waals surface area contributed by atoms with Crippen LogP contribution >= 0.6 is 0 Å². The van der Waals surface area contributed by atoms with Gasteiger partial charge in [0.1, 0.15) is 0 Å². The number of nitrogens with zero attached hydrogens (tertiary/aromatic N) is 3. The van der Waals surface area contributed by atoms with Crippen LogP contribution in [0.2, 0.25) is 0 Å². The zero-order valence-electron chi connectivity index (χ0n) is 16.4. The fourth-order valence-corrected chi connectivity index (χ4v) is 4.16. The second-order valence-corrected chi connectivity index (χ2v) is 7.56. The third-order valence-electron chi connectivity index (χ3n) is 5.67. The Bertz CT molecular complexity index is 918. The third kappa shape index (κ3) is 4.01. The highest BCUT2D eigenvalue weighted by atomic mass is 16.2. The van der Waals surface area contributed by atoms with Gasteiger partial charge in [0.15, 0.2) is 0 Å². The number of rotatable bonds is 5. The van der Waals surface area contributed by atoms with Gasteiger partial charge in [-0.25, -0.2) is 4.98 Å². The molecule has 3 aromatic rings. The minimum atomic E-state index is 0.166. The lowest BCUT2D eigenvalue weighted by molar-refractivity contribution is -0.130. The van der Waals surface area contributed by atoms with E-state index >= 15 is 0 Å². The Morgan fingerprint density at radius 3 is 2.46 bits per heavy atom. The number of carbonyl (C=O) groups excluding carboxylic acids is 1. The van der Waals surface area contributed by atoms with Crippen LogP contribution in [-0.2, 0) is 17.6 Å². The molecule has 4 rings (SSSR count). The number of aryl methyl sites for hydroxylation is 1. The summed E-state index contributed by atoms with van der Waals surface area (Å²) in [5.74, 6) is 0.166. The van der Waals surface area contributed by atoms with Crippen LogP contribution < -0.4 is 0 Å². The summed E-state index contributed by atoms with van der Waals surface area (Å²) < 4.78 is 2.33. The van der Waals surface area contributed by atoms with E-state index in [1.54, 1.807) is 6.92 Å². The van der Waals surface area contributed by atoms with Crippen LogP contribution in [0.5, 0.6) is 0 Å².